The minimum atomic E-state index is -0.667. The highest BCUT2D eigenvalue weighted by Crippen LogP contribution is 2.40. The average Bonchev–Trinajstić information content (AvgIpc) is 3.21. The Morgan fingerprint density at radius 2 is 0.762 bits per heavy atom. The van der Waals surface area contributed by atoms with Crippen molar-refractivity contribution in [3.8, 4) is 17.2 Å². The predicted molar refractivity (Wildman–Crippen MR) is 272 cm³/mol. The summed E-state index contributed by atoms with van der Waals surface area (Å²) in [6.07, 6.45) is 0. The summed E-state index contributed by atoms with van der Waals surface area (Å²) >= 11 is 40.7. The van der Waals surface area contributed by atoms with Crippen molar-refractivity contribution in [2.45, 2.75) is 20.8 Å². The predicted octanol–water partition coefficient (Wildman–Crippen LogP) is 17.3. The molecule has 318 valence electrons. The van der Waals surface area contributed by atoms with E-state index in [-0.39, 0.29) is 37.6 Å². The third-order valence-electron chi connectivity index (χ3n) is 7.95. The Morgan fingerprint density at radius 1 is 0.460 bits per heavy atom. The molecule has 6 aromatic carbocycles. The molecule has 0 radical (unpaired) electrons. The maximum Gasteiger partial charge on any atom is 0.345 e. The zero-order valence-corrected chi connectivity index (χ0v) is 43.6. The minimum Gasteiger partial charge on any atom is -0.421 e. The molecule has 0 amide bonds. The fraction of sp³-hybridized carbons (Fsp3) is 0.0667. The molecule has 0 fully saturated rings. The van der Waals surface area contributed by atoms with E-state index in [9.17, 15) is 14.4 Å². The summed E-state index contributed by atoms with van der Waals surface area (Å²) in [5, 5.41) is 1.16. The van der Waals surface area contributed by atoms with Gasteiger partial charge in [0, 0.05) is 7.14 Å². The van der Waals surface area contributed by atoms with Gasteiger partial charge in [-0.05, 0) is 187 Å². The lowest BCUT2D eigenvalue weighted by molar-refractivity contribution is 0.0722. The molecule has 0 N–H and O–H groups in total. The van der Waals surface area contributed by atoms with Gasteiger partial charge in [0.2, 0.25) is 0 Å². The van der Waals surface area contributed by atoms with E-state index >= 15 is 0 Å². The first-order chi connectivity index (χ1) is 29.8. The number of carbonyl (C=O) groups is 3. The molecule has 0 aliphatic rings. The van der Waals surface area contributed by atoms with Gasteiger partial charge in [0.05, 0.1) is 70.5 Å². The van der Waals surface area contributed by atoms with E-state index in [1.807, 2.05) is 66.0 Å². The molecular weight excluding hydrogens is 1270 g/mol. The topological polar surface area (TPSA) is 92.0 Å². The summed E-state index contributed by atoms with van der Waals surface area (Å²) in [7, 11) is 0. The minimum absolute atomic E-state index is 0.00683. The summed E-state index contributed by atoms with van der Waals surface area (Å²) in [4.78, 5) is 46.5. The lowest BCUT2D eigenvalue weighted by Crippen LogP contribution is -2.11. The lowest BCUT2D eigenvalue weighted by Gasteiger charge is -2.10. The number of hydrogen-bond acceptors (Lipinski definition) is 6. The Bertz CT molecular complexity index is 2550. The van der Waals surface area contributed by atoms with Crippen LogP contribution in [0.3, 0.4) is 0 Å². The van der Waals surface area contributed by atoms with Crippen LogP contribution in [0, 0.1) is 47.6 Å². The van der Waals surface area contributed by atoms with Crippen molar-refractivity contribution >= 4 is 170 Å². The van der Waals surface area contributed by atoms with Crippen LogP contribution in [-0.2, 0) is 0 Å². The van der Waals surface area contributed by atoms with Crippen LogP contribution in [0.2, 0.25) is 25.1 Å². The monoisotopic (exact) mass is 1290 g/mol. The van der Waals surface area contributed by atoms with E-state index in [2.05, 4.69) is 46.4 Å². The Labute approximate surface area is 431 Å². The molecule has 0 bridgehead atoms. The Kier molecular flexibility index (Phi) is 19.6. The van der Waals surface area contributed by atoms with Crippen LogP contribution in [0.25, 0.3) is 14.5 Å². The molecule has 0 spiro atoms. The van der Waals surface area contributed by atoms with E-state index < -0.39 is 17.9 Å². The van der Waals surface area contributed by atoms with Crippen molar-refractivity contribution in [2.75, 3.05) is 0 Å². The molecule has 9 nitrogen and oxygen atoms in total. The van der Waals surface area contributed by atoms with Crippen molar-refractivity contribution < 1.29 is 28.6 Å². The van der Waals surface area contributed by atoms with Gasteiger partial charge in [-0.25, -0.2) is 28.9 Å². The number of nitrogens with zero attached hydrogens (tertiary/aromatic N) is 3. The number of benzene rings is 6. The lowest BCUT2D eigenvalue weighted by atomic mass is 10.1. The van der Waals surface area contributed by atoms with Gasteiger partial charge in [-0.15, -0.1) is 0 Å². The summed E-state index contributed by atoms with van der Waals surface area (Å²) in [6.45, 7) is 26.6. The zero-order chi connectivity index (χ0) is 46.7. The number of halogens is 9. The second-order valence-corrected chi connectivity index (χ2v) is 18.7. The first-order valence-corrected chi connectivity index (χ1v) is 22.9. The molecule has 0 aromatic heterocycles. The molecule has 0 aliphatic carbocycles. The van der Waals surface area contributed by atoms with Crippen LogP contribution >= 0.6 is 135 Å². The van der Waals surface area contributed by atoms with Crippen LogP contribution in [0.4, 0.5) is 17.1 Å². The number of esters is 3. The molecule has 0 unspecified atom stereocenters. The van der Waals surface area contributed by atoms with Crippen molar-refractivity contribution in [1.29, 1.82) is 0 Å². The number of rotatable bonds is 6. The van der Waals surface area contributed by atoms with Crippen molar-refractivity contribution in [3.05, 3.63) is 200 Å². The summed E-state index contributed by atoms with van der Waals surface area (Å²) in [6, 6.07) is 24.5. The highest BCUT2D eigenvalue weighted by molar-refractivity contribution is 14.1. The highest BCUT2D eigenvalue weighted by Gasteiger charge is 2.20. The van der Waals surface area contributed by atoms with Crippen LogP contribution in [0.5, 0.6) is 17.2 Å². The van der Waals surface area contributed by atoms with E-state index in [0.717, 1.165) is 16.7 Å². The Hall–Kier alpha value is -3.93. The number of hydrogen-bond donors (Lipinski definition) is 0. The summed E-state index contributed by atoms with van der Waals surface area (Å²) in [5.41, 5.74) is 4.88. The van der Waals surface area contributed by atoms with Crippen molar-refractivity contribution in [1.82, 2.24) is 0 Å². The number of carbonyl (C=O) groups excluding carboxylic acids is 3. The first kappa shape index (κ1) is 51.7. The van der Waals surface area contributed by atoms with Crippen LogP contribution < -0.4 is 14.2 Å². The van der Waals surface area contributed by atoms with Gasteiger partial charge < -0.3 is 14.2 Å². The third kappa shape index (κ3) is 14.3. The van der Waals surface area contributed by atoms with E-state index in [4.69, 9.17) is 91.9 Å². The van der Waals surface area contributed by atoms with Gasteiger partial charge in [0.25, 0.3) is 0 Å². The molecule has 0 heterocycles. The molecule has 63 heavy (non-hydrogen) atoms. The Morgan fingerprint density at radius 3 is 1.10 bits per heavy atom. The maximum absolute atomic E-state index is 12.2. The maximum atomic E-state index is 12.2. The van der Waals surface area contributed by atoms with Crippen molar-refractivity contribution in [3.63, 3.8) is 0 Å². The summed E-state index contributed by atoms with van der Waals surface area (Å²) in [5.74, 6) is -0.968. The molecule has 0 saturated heterocycles. The zero-order valence-electron chi connectivity index (χ0n) is 32.4. The van der Waals surface area contributed by atoms with Gasteiger partial charge in [0.1, 0.15) is 0 Å². The van der Waals surface area contributed by atoms with Gasteiger partial charge in [-0.3, -0.25) is 0 Å². The van der Waals surface area contributed by atoms with E-state index in [1.165, 1.54) is 12.1 Å². The largest absolute Gasteiger partial charge is 0.421 e. The SMILES string of the molecule is [C-]#[N+]c1cc(Br)c(OC(=O)c2ccc(C)cc2Cl)c(Br)c1.[C-]#[N+]c1cc(Cl)c(OC(=O)c2ccc(C)cc2Cl)c(Cl)c1.[C-]#[N+]c1cc(I)c(OC(=O)c2ccc(C)cc2Cl)c(I)c1. The number of ether oxygens (including phenoxy) is 3. The van der Waals surface area contributed by atoms with Gasteiger partial charge >= 0.3 is 17.9 Å². The normalized spacial score (nSPS) is 10.0. The highest BCUT2D eigenvalue weighted by atomic mass is 127. The Balaban J connectivity index is 0.000000207. The van der Waals surface area contributed by atoms with E-state index in [0.29, 0.717) is 54.6 Å². The first-order valence-electron chi connectivity index (χ1n) is 17.3. The smallest absolute Gasteiger partial charge is 0.345 e. The quantitative estimate of drug-likeness (QED) is 0.0714. The summed E-state index contributed by atoms with van der Waals surface area (Å²) < 4.78 is 18.4. The molecule has 18 heteroatoms. The fourth-order valence-corrected chi connectivity index (χ4v) is 9.69. The average molecular weight is 1290 g/mol. The van der Waals surface area contributed by atoms with Gasteiger partial charge in [-0.2, -0.15) is 0 Å². The third-order valence-corrected chi connectivity index (χ3v) is 12.2. The van der Waals surface area contributed by atoms with Gasteiger partial charge in [0.15, 0.2) is 34.3 Å². The standard InChI is InChI=1S/C15H8Br2ClNO2.C15H8Cl3NO2.C15H8ClI2NO2/c1-8-3-4-10(13(18)5-8)15(20)21-14-11(16)6-9(19-2)7-12(14)17;2*1-8-3-4-10(11(16)5-8)15(20)21-14-12(17)6-9(19-2)7-13(14)18/h3*3-7H,1H3. The molecule has 6 aromatic rings. The second kappa shape index (κ2) is 23.8. The number of aryl methyl sites for hydroxylation is 3. The molecule has 0 aliphatic heterocycles. The van der Waals surface area contributed by atoms with E-state index in [1.54, 1.807) is 78.9 Å². The van der Waals surface area contributed by atoms with Crippen LogP contribution in [0.15, 0.2) is 99.9 Å². The fourth-order valence-electron chi connectivity index (χ4n) is 4.93. The molecule has 6 rings (SSSR count). The molecule has 0 saturated carbocycles. The molecule has 0 atom stereocenters. The van der Waals surface area contributed by atoms with Crippen LogP contribution in [-0.4, -0.2) is 17.9 Å². The van der Waals surface area contributed by atoms with Gasteiger partial charge in [-0.1, -0.05) is 76.2 Å². The van der Waals surface area contributed by atoms with Crippen molar-refractivity contribution in [2.24, 2.45) is 0 Å². The van der Waals surface area contributed by atoms with Crippen LogP contribution in [0.1, 0.15) is 47.8 Å². The second-order valence-electron chi connectivity index (χ2n) is 12.7. The molecular formula is C45H24Br2Cl5I2N3O6.